The van der Waals surface area contributed by atoms with Gasteiger partial charge in [-0.15, -0.1) is 0 Å². The number of aromatic nitrogens is 3. The quantitative estimate of drug-likeness (QED) is 0.516. The molecule has 2 N–H and O–H groups in total. The number of imidazole rings is 1. The predicted octanol–water partition coefficient (Wildman–Crippen LogP) is 4.96. The Morgan fingerprint density at radius 1 is 1.36 bits per heavy atom. The largest absolute Gasteiger partial charge is 0.489 e. The van der Waals surface area contributed by atoms with Gasteiger partial charge in [-0.25, -0.2) is 4.98 Å². The maximum atomic E-state index is 5.97. The Morgan fingerprint density at radius 3 is 3.00 bits per heavy atom. The Morgan fingerprint density at radius 2 is 2.20 bits per heavy atom. The van der Waals surface area contributed by atoms with E-state index in [4.69, 9.17) is 21.9 Å². The zero-order chi connectivity index (χ0) is 17.4. The average molecular weight is 351 g/mol. The lowest BCUT2D eigenvalue weighted by Crippen LogP contribution is -2.17. The number of ether oxygens (including phenoxy) is 1. The molecule has 4 nitrogen and oxygen atoms in total. The van der Waals surface area contributed by atoms with Gasteiger partial charge in [0, 0.05) is 16.8 Å². The van der Waals surface area contributed by atoms with E-state index in [-0.39, 0.29) is 5.92 Å². The minimum atomic E-state index is 0.185. The number of H-pyrrole nitrogens is 2. The van der Waals surface area contributed by atoms with Crippen LogP contribution in [0.1, 0.15) is 41.4 Å². The fourth-order valence-electron chi connectivity index (χ4n) is 3.66. The molecule has 1 aliphatic carbocycles. The molecular weight excluding hydrogens is 330 g/mol. The van der Waals surface area contributed by atoms with Gasteiger partial charge < -0.3 is 14.7 Å². The molecule has 4 rings (SSSR count). The number of pyridine rings is 1. The molecule has 0 saturated carbocycles. The number of benzene rings is 1. The van der Waals surface area contributed by atoms with Crippen molar-refractivity contribution in [3.05, 3.63) is 64.2 Å². The molecule has 5 heteroatoms. The summed E-state index contributed by atoms with van der Waals surface area (Å²) in [6.07, 6.45) is 4.90. The van der Waals surface area contributed by atoms with Crippen molar-refractivity contribution >= 4 is 23.3 Å². The highest BCUT2D eigenvalue weighted by molar-refractivity contribution is 7.71. The number of para-hydroxylation sites is 2. The van der Waals surface area contributed by atoms with E-state index in [2.05, 4.69) is 22.6 Å². The average Bonchev–Trinajstić information content (AvgIpc) is 3.05. The third-order valence-corrected chi connectivity index (χ3v) is 5.29. The van der Waals surface area contributed by atoms with Gasteiger partial charge in [0.15, 0.2) is 0 Å². The summed E-state index contributed by atoms with van der Waals surface area (Å²) in [6, 6.07) is 8.14. The standard InChI is InChI=1S/C20H21N3OS/c1-3-11-24-18-12(2)20(25)23-17-13(18)7-6-8-14(17)19-21-15-9-4-5-10-16(15)22-19/h3-5,9-10,14H,1,6-8,11H2,2H3,(H,21,22)(H,23,25). The van der Waals surface area contributed by atoms with Crippen molar-refractivity contribution < 1.29 is 4.74 Å². The lowest BCUT2D eigenvalue weighted by Gasteiger charge is -2.26. The van der Waals surface area contributed by atoms with Gasteiger partial charge in [-0.05, 0) is 38.3 Å². The molecule has 0 radical (unpaired) electrons. The van der Waals surface area contributed by atoms with E-state index in [1.807, 2.05) is 25.1 Å². The van der Waals surface area contributed by atoms with Crippen molar-refractivity contribution in [2.24, 2.45) is 0 Å². The summed E-state index contributed by atoms with van der Waals surface area (Å²) in [6.45, 7) is 6.26. The highest BCUT2D eigenvalue weighted by Gasteiger charge is 2.28. The second-order valence-electron chi connectivity index (χ2n) is 6.48. The maximum Gasteiger partial charge on any atom is 0.130 e. The van der Waals surface area contributed by atoms with Crippen LogP contribution in [-0.2, 0) is 6.42 Å². The summed E-state index contributed by atoms with van der Waals surface area (Å²) in [7, 11) is 0. The number of aromatic amines is 2. The zero-order valence-electron chi connectivity index (χ0n) is 14.3. The molecule has 0 spiro atoms. The summed E-state index contributed by atoms with van der Waals surface area (Å²) in [5.41, 5.74) is 5.43. The molecule has 0 fully saturated rings. The number of nitrogens with one attached hydrogen (secondary N) is 2. The van der Waals surface area contributed by atoms with Gasteiger partial charge in [0.1, 0.15) is 22.8 Å². The highest BCUT2D eigenvalue weighted by atomic mass is 32.1. The molecule has 0 saturated heterocycles. The number of rotatable bonds is 4. The highest BCUT2D eigenvalue weighted by Crippen LogP contribution is 2.40. The van der Waals surface area contributed by atoms with Crippen LogP contribution in [0.15, 0.2) is 36.9 Å². The molecule has 1 unspecified atom stereocenters. The first-order valence-electron chi connectivity index (χ1n) is 8.63. The van der Waals surface area contributed by atoms with Crippen molar-refractivity contribution in [2.75, 3.05) is 6.61 Å². The lowest BCUT2D eigenvalue weighted by atomic mass is 9.85. The van der Waals surface area contributed by atoms with Crippen LogP contribution in [0.4, 0.5) is 0 Å². The van der Waals surface area contributed by atoms with Gasteiger partial charge >= 0.3 is 0 Å². The minimum Gasteiger partial charge on any atom is -0.489 e. The smallest absolute Gasteiger partial charge is 0.130 e. The Kier molecular flexibility index (Phi) is 4.17. The van der Waals surface area contributed by atoms with Crippen molar-refractivity contribution in [3.8, 4) is 5.75 Å². The minimum absolute atomic E-state index is 0.185. The van der Waals surface area contributed by atoms with Crippen LogP contribution in [0.2, 0.25) is 0 Å². The fraction of sp³-hybridized carbons (Fsp3) is 0.300. The monoisotopic (exact) mass is 351 g/mol. The third kappa shape index (κ3) is 2.78. The molecule has 128 valence electrons. The van der Waals surface area contributed by atoms with E-state index in [1.165, 1.54) is 5.56 Å². The number of hydrogen-bond donors (Lipinski definition) is 2. The summed E-state index contributed by atoms with van der Waals surface area (Å²) in [5.74, 6) is 2.09. The Labute approximate surface area is 152 Å². The van der Waals surface area contributed by atoms with E-state index in [9.17, 15) is 0 Å². The van der Waals surface area contributed by atoms with Crippen LogP contribution in [0, 0.1) is 11.6 Å². The first kappa shape index (κ1) is 16.1. The van der Waals surface area contributed by atoms with Gasteiger partial charge in [-0.2, -0.15) is 0 Å². The van der Waals surface area contributed by atoms with E-state index >= 15 is 0 Å². The summed E-state index contributed by atoms with van der Waals surface area (Å²) in [4.78, 5) is 11.7. The van der Waals surface area contributed by atoms with Crippen LogP contribution in [0.5, 0.6) is 5.75 Å². The van der Waals surface area contributed by atoms with Gasteiger partial charge in [-0.1, -0.05) is 37.0 Å². The Hall–Kier alpha value is -2.40. The van der Waals surface area contributed by atoms with Gasteiger partial charge in [0.05, 0.1) is 17.0 Å². The van der Waals surface area contributed by atoms with E-state index in [1.54, 1.807) is 6.08 Å². The maximum absolute atomic E-state index is 5.97. The molecule has 0 aliphatic heterocycles. The summed E-state index contributed by atoms with van der Waals surface area (Å²) in [5, 5.41) is 0. The normalized spacial score (nSPS) is 16.6. The van der Waals surface area contributed by atoms with E-state index in [0.29, 0.717) is 6.61 Å². The first-order valence-corrected chi connectivity index (χ1v) is 9.04. The molecule has 25 heavy (non-hydrogen) atoms. The van der Waals surface area contributed by atoms with Crippen LogP contribution in [-0.4, -0.2) is 21.6 Å². The molecule has 3 aromatic rings. The van der Waals surface area contributed by atoms with Gasteiger partial charge in [0.2, 0.25) is 0 Å². The fourth-order valence-corrected chi connectivity index (χ4v) is 3.87. The third-order valence-electron chi connectivity index (χ3n) is 4.88. The Balaban J connectivity index is 1.85. The van der Waals surface area contributed by atoms with E-state index in [0.717, 1.165) is 57.8 Å². The topological polar surface area (TPSA) is 53.7 Å². The Bertz CT molecular complexity index is 969. The second kappa shape index (κ2) is 6.48. The van der Waals surface area contributed by atoms with Gasteiger partial charge in [0.25, 0.3) is 0 Å². The second-order valence-corrected chi connectivity index (χ2v) is 6.89. The molecule has 2 heterocycles. The zero-order valence-corrected chi connectivity index (χ0v) is 15.1. The molecular formula is C20H21N3OS. The van der Waals surface area contributed by atoms with E-state index < -0.39 is 0 Å². The number of nitrogens with zero attached hydrogens (tertiary/aromatic N) is 1. The van der Waals surface area contributed by atoms with Crippen LogP contribution in [0.25, 0.3) is 11.0 Å². The number of hydrogen-bond acceptors (Lipinski definition) is 3. The molecule has 0 bridgehead atoms. The van der Waals surface area contributed by atoms with Crippen LogP contribution in [0.3, 0.4) is 0 Å². The van der Waals surface area contributed by atoms with Crippen molar-refractivity contribution in [1.29, 1.82) is 0 Å². The molecule has 1 aromatic carbocycles. The molecule has 0 amide bonds. The number of fused-ring (bicyclic) bond motifs is 2. The first-order chi connectivity index (χ1) is 12.2. The lowest BCUT2D eigenvalue weighted by molar-refractivity contribution is 0.351. The van der Waals surface area contributed by atoms with Crippen LogP contribution >= 0.6 is 12.2 Å². The van der Waals surface area contributed by atoms with Crippen LogP contribution < -0.4 is 4.74 Å². The molecule has 1 aliphatic rings. The van der Waals surface area contributed by atoms with Crippen molar-refractivity contribution in [1.82, 2.24) is 15.0 Å². The predicted molar refractivity (Wildman–Crippen MR) is 103 cm³/mol. The molecule has 1 atom stereocenters. The summed E-state index contributed by atoms with van der Waals surface area (Å²) < 4.78 is 6.71. The SMILES string of the molecule is C=CCOc1c2c([nH]c(=S)c1C)C(c1nc3ccccc3[nH]1)CCC2. The van der Waals surface area contributed by atoms with Crippen molar-refractivity contribution in [3.63, 3.8) is 0 Å². The van der Waals surface area contributed by atoms with Crippen molar-refractivity contribution in [2.45, 2.75) is 32.1 Å². The summed E-state index contributed by atoms with van der Waals surface area (Å²) >= 11 is 5.55. The van der Waals surface area contributed by atoms with Gasteiger partial charge in [-0.3, -0.25) is 0 Å². The molecule has 2 aromatic heterocycles.